The Balaban J connectivity index is 1.09. The van der Waals surface area contributed by atoms with E-state index in [1.165, 1.54) is 33.2 Å². The van der Waals surface area contributed by atoms with E-state index in [1.54, 1.807) is 0 Å². The Labute approximate surface area is 417 Å². The SMILES string of the molecule is [2H]c1c([2H])c([2H])c([Si](c2ccccc2)(c2ccccc2)c2cccc3c2C2c4ccccc4C3c3cccc(-c4cccc5c4c4ccccc4n5-c4c(-c5ccccc5)cccc4-c4ccccc4)c32)c([2H])c1[2H]. The van der Waals surface area contributed by atoms with E-state index < -0.39 is 14.1 Å². The number of nitrogens with zero attached hydrogens (tertiary/aromatic N) is 1. The fourth-order valence-corrected chi connectivity index (χ4v) is 17.3. The first-order valence-corrected chi connectivity index (χ1v) is 26.2. The third kappa shape index (κ3) is 5.90. The van der Waals surface area contributed by atoms with Crippen LogP contribution in [0.5, 0.6) is 0 Å². The van der Waals surface area contributed by atoms with E-state index >= 15 is 0 Å². The average Bonchev–Trinajstić information content (AvgIpc) is 3.82. The van der Waals surface area contributed by atoms with Crippen molar-refractivity contribution in [1.82, 2.24) is 4.57 Å². The molecule has 0 saturated carbocycles. The number of benzene rings is 11. The summed E-state index contributed by atoms with van der Waals surface area (Å²) in [6.07, 6.45) is 0. The summed E-state index contributed by atoms with van der Waals surface area (Å²) in [5, 5.41) is 5.63. The van der Waals surface area contributed by atoms with Crippen molar-refractivity contribution in [3.63, 3.8) is 0 Å². The molecule has 2 unspecified atom stereocenters. The molecule has 1 aromatic heterocycles. The van der Waals surface area contributed by atoms with Gasteiger partial charge in [-0.2, -0.15) is 0 Å². The molecule has 0 aliphatic heterocycles. The van der Waals surface area contributed by atoms with Crippen LogP contribution in [0.3, 0.4) is 0 Å². The molecule has 0 amide bonds. The molecular formula is C68H47NSi. The zero-order valence-corrected chi connectivity index (χ0v) is 39.2. The third-order valence-electron chi connectivity index (χ3n) is 15.2. The highest BCUT2D eigenvalue weighted by Crippen LogP contribution is 2.58. The summed E-state index contributed by atoms with van der Waals surface area (Å²) in [6, 6.07) is 85.3. The maximum Gasteiger partial charge on any atom is 0.179 e. The molecule has 1 heterocycles. The number of para-hydroxylation sites is 2. The molecule has 0 spiro atoms. The van der Waals surface area contributed by atoms with E-state index in [0.29, 0.717) is 5.19 Å². The maximum absolute atomic E-state index is 9.85. The molecule has 15 rings (SSSR count). The van der Waals surface area contributed by atoms with Gasteiger partial charge in [0.25, 0.3) is 0 Å². The number of hydrogen-bond donors (Lipinski definition) is 0. The minimum absolute atomic E-state index is 0.124. The molecule has 2 bridgehead atoms. The van der Waals surface area contributed by atoms with Crippen LogP contribution in [-0.2, 0) is 0 Å². The molecular weight excluding hydrogens is 859 g/mol. The fraction of sp³-hybridized carbons (Fsp3) is 0.0294. The van der Waals surface area contributed by atoms with Gasteiger partial charge in [0.2, 0.25) is 0 Å². The first kappa shape index (κ1) is 35.6. The number of fused-ring (bicyclic) bond motifs is 3. The van der Waals surface area contributed by atoms with Crippen LogP contribution in [0, 0.1) is 0 Å². The molecule has 0 fully saturated rings. The maximum atomic E-state index is 9.85. The lowest BCUT2D eigenvalue weighted by Crippen LogP contribution is -2.75. The van der Waals surface area contributed by atoms with Gasteiger partial charge in [-0.05, 0) is 88.5 Å². The Kier molecular flexibility index (Phi) is 8.28. The van der Waals surface area contributed by atoms with Crippen LogP contribution in [0.2, 0.25) is 0 Å². The quantitative estimate of drug-likeness (QED) is 0.106. The summed E-state index contributed by atoms with van der Waals surface area (Å²) in [7, 11) is -3.81. The van der Waals surface area contributed by atoms with Crippen molar-refractivity contribution in [3.05, 3.63) is 306 Å². The summed E-state index contributed by atoms with van der Waals surface area (Å²) in [4.78, 5) is 0. The van der Waals surface area contributed by atoms with Gasteiger partial charge in [0.05, 0.1) is 23.6 Å². The van der Waals surface area contributed by atoms with Crippen molar-refractivity contribution in [2.24, 2.45) is 0 Å². The Hall–Kier alpha value is -8.56. The molecule has 3 aliphatic carbocycles. The third-order valence-corrected chi connectivity index (χ3v) is 19.8. The fourth-order valence-electron chi connectivity index (χ4n) is 12.6. The van der Waals surface area contributed by atoms with Gasteiger partial charge in [-0.1, -0.05) is 261 Å². The molecule has 0 N–H and O–H groups in total. The van der Waals surface area contributed by atoms with Crippen molar-refractivity contribution in [2.75, 3.05) is 0 Å². The lowest BCUT2D eigenvalue weighted by Gasteiger charge is -2.47. The largest absolute Gasteiger partial charge is 0.308 e. The van der Waals surface area contributed by atoms with Gasteiger partial charge in [-0.3, -0.25) is 0 Å². The summed E-state index contributed by atoms with van der Waals surface area (Å²) in [5.74, 6) is -0.388. The van der Waals surface area contributed by atoms with E-state index in [-0.39, 0.29) is 36.0 Å². The Bertz CT molecular complexity index is 4120. The zero-order valence-electron chi connectivity index (χ0n) is 43.2. The van der Waals surface area contributed by atoms with Crippen LogP contribution in [0.15, 0.2) is 273 Å². The van der Waals surface area contributed by atoms with Crippen molar-refractivity contribution in [1.29, 1.82) is 0 Å². The summed E-state index contributed by atoms with van der Waals surface area (Å²) < 4.78 is 49.4. The van der Waals surface area contributed by atoms with E-state index in [1.807, 2.05) is 36.4 Å². The second kappa shape index (κ2) is 16.3. The minimum atomic E-state index is -3.81. The standard InChI is InChI=1S/C68H47NSi/c1-6-24-46(25-7-1)51-37-20-38-52(47-26-8-2-9-27-47)68(51)69-60-43-19-18-36-57(60)64-54(40-22-44-61(64)69)55-39-21-41-58-63-53-34-16-17-35-56(53)67(65(55)58)66-59(63)42-23-45-62(66)70(48-28-10-3-11-29-48,49-30-12-4-13-31-49)50-32-14-5-15-33-50/h1-45,63,67H/i3D,10D,11D,28D,29D. The number of aromatic nitrogens is 1. The van der Waals surface area contributed by atoms with Crippen molar-refractivity contribution >= 4 is 50.6 Å². The summed E-state index contributed by atoms with van der Waals surface area (Å²) >= 11 is 0. The monoisotopic (exact) mass is 910 g/mol. The Morgan fingerprint density at radius 1 is 0.343 bits per heavy atom. The molecule has 2 heteroatoms. The van der Waals surface area contributed by atoms with Crippen LogP contribution in [0.4, 0.5) is 0 Å². The Morgan fingerprint density at radius 2 is 0.814 bits per heavy atom. The second-order valence-electron chi connectivity index (χ2n) is 18.6. The minimum Gasteiger partial charge on any atom is -0.308 e. The highest BCUT2D eigenvalue weighted by molar-refractivity contribution is 7.20. The molecule has 0 radical (unpaired) electrons. The molecule has 11 aromatic carbocycles. The average molecular weight is 911 g/mol. The topological polar surface area (TPSA) is 4.93 Å². The normalized spacial score (nSPS) is 15.6. The number of hydrogen-bond acceptors (Lipinski definition) is 0. The van der Waals surface area contributed by atoms with Gasteiger partial charge in [0, 0.05) is 33.7 Å². The molecule has 328 valence electrons. The van der Waals surface area contributed by atoms with Crippen molar-refractivity contribution in [2.45, 2.75) is 11.8 Å². The van der Waals surface area contributed by atoms with Crippen LogP contribution in [0.25, 0.3) is 60.9 Å². The first-order valence-electron chi connectivity index (χ1n) is 26.7. The van der Waals surface area contributed by atoms with Gasteiger partial charge in [0.15, 0.2) is 8.07 Å². The highest BCUT2D eigenvalue weighted by Gasteiger charge is 2.49. The highest BCUT2D eigenvalue weighted by atomic mass is 28.3. The zero-order chi connectivity index (χ0) is 50.5. The first-order chi connectivity index (χ1) is 36.9. The summed E-state index contributed by atoms with van der Waals surface area (Å²) in [5.41, 5.74) is 17.6. The van der Waals surface area contributed by atoms with Crippen LogP contribution in [0.1, 0.15) is 52.1 Å². The Morgan fingerprint density at radius 3 is 1.47 bits per heavy atom. The van der Waals surface area contributed by atoms with Gasteiger partial charge in [0.1, 0.15) is 0 Å². The molecule has 0 saturated heterocycles. The molecule has 1 nitrogen and oxygen atoms in total. The van der Waals surface area contributed by atoms with Crippen molar-refractivity contribution in [3.8, 4) is 39.1 Å². The lowest BCUT2D eigenvalue weighted by molar-refractivity contribution is 0.760. The van der Waals surface area contributed by atoms with Crippen LogP contribution < -0.4 is 20.7 Å². The molecule has 2 atom stereocenters. The van der Waals surface area contributed by atoms with Gasteiger partial charge >= 0.3 is 0 Å². The van der Waals surface area contributed by atoms with E-state index in [2.05, 4.69) is 211 Å². The van der Waals surface area contributed by atoms with Crippen molar-refractivity contribution < 1.29 is 6.85 Å². The van der Waals surface area contributed by atoms with Gasteiger partial charge in [-0.15, -0.1) is 0 Å². The van der Waals surface area contributed by atoms with Gasteiger partial charge < -0.3 is 4.57 Å². The molecule has 70 heavy (non-hydrogen) atoms. The van der Waals surface area contributed by atoms with Crippen LogP contribution in [-0.4, -0.2) is 12.6 Å². The van der Waals surface area contributed by atoms with Crippen LogP contribution >= 0.6 is 0 Å². The predicted molar refractivity (Wildman–Crippen MR) is 295 cm³/mol. The smallest absolute Gasteiger partial charge is 0.179 e. The number of rotatable bonds is 8. The second-order valence-corrected chi connectivity index (χ2v) is 22.3. The molecule has 12 aromatic rings. The van der Waals surface area contributed by atoms with Gasteiger partial charge in [-0.25, -0.2) is 0 Å². The summed E-state index contributed by atoms with van der Waals surface area (Å²) in [6.45, 7) is 0. The predicted octanol–water partition coefficient (Wildman–Crippen LogP) is 14.1. The van der Waals surface area contributed by atoms with E-state index in [4.69, 9.17) is 1.37 Å². The molecule has 3 aliphatic rings. The van der Waals surface area contributed by atoms with E-state index in [0.717, 1.165) is 76.6 Å². The van der Waals surface area contributed by atoms with E-state index in [9.17, 15) is 5.48 Å². The lowest BCUT2D eigenvalue weighted by atomic mass is 9.60.